The average Bonchev–Trinajstić information content (AvgIpc) is 2.89. The van der Waals surface area contributed by atoms with Crippen molar-refractivity contribution in [3.8, 4) is 0 Å². The summed E-state index contributed by atoms with van der Waals surface area (Å²) in [7, 11) is 0. The molecule has 1 heterocycles. The molecule has 0 aromatic carbocycles. The zero-order chi connectivity index (χ0) is 19.4. The summed E-state index contributed by atoms with van der Waals surface area (Å²) in [5, 5.41) is 12.7. The number of nitrogens with one attached hydrogen (secondary N) is 1. The van der Waals surface area contributed by atoms with Crippen molar-refractivity contribution >= 4 is 34.2 Å². The third kappa shape index (κ3) is 4.44. The zero-order valence-electron chi connectivity index (χ0n) is 15.8. The van der Waals surface area contributed by atoms with Gasteiger partial charge in [-0.1, -0.05) is 19.8 Å². The Labute approximate surface area is 157 Å². The molecule has 0 radical (unpaired) electrons. The van der Waals surface area contributed by atoms with Crippen molar-refractivity contribution in [1.29, 1.82) is 0 Å². The number of rotatable bonds is 6. The summed E-state index contributed by atoms with van der Waals surface area (Å²) >= 11 is 1.34. The molecule has 1 aliphatic carbocycles. The van der Waals surface area contributed by atoms with Crippen LogP contribution >= 0.6 is 11.3 Å². The first-order valence-corrected chi connectivity index (χ1v) is 9.94. The van der Waals surface area contributed by atoms with Gasteiger partial charge in [-0.3, -0.25) is 9.59 Å². The number of carbonyl (C=O) groups excluding carboxylic acids is 2. The Morgan fingerprint density at radius 1 is 1.23 bits per heavy atom. The number of hydrogen-bond donors (Lipinski definition) is 2. The zero-order valence-corrected chi connectivity index (χ0v) is 16.6. The maximum Gasteiger partial charge on any atom is 0.341 e. The van der Waals surface area contributed by atoms with Gasteiger partial charge in [0.25, 0.3) is 0 Å². The first-order chi connectivity index (χ1) is 12.3. The Morgan fingerprint density at radius 3 is 2.38 bits per heavy atom. The Kier molecular flexibility index (Phi) is 6.81. The average molecular weight is 381 g/mol. The highest BCUT2D eigenvalue weighted by Crippen LogP contribution is 2.36. The molecule has 26 heavy (non-hydrogen) atoms. The van der Waals surface area contributed by atoms with Gasteiger partial charge in [-0.05, 0) is 45.6 Å². The molecule has 7 heteroatoms. The van der Waals surface area contributed by atoms with E-state index in [4.69, 9.17) is 4.74 Å². The highest BCUT2D eigenvalue weighted by Gasteiger charge is 2.36. The lowest BCUT2D eigenvalue weighted by Gasteiger charge is -2.27. The maximum absolute atomic E-state index is 12.8. The van der Waals surface area contributed by atoms with E-state index in [9.17, 15) is 19.5 Å². The van der Waals surface area contributed by atoms with Gasteiger partial charge < -0.3 is 15.2 Å². The number of anilines is 1. The van der Waals surface area contributed by atoms with Gasteiger partial charge in [0.2, 0.25) is 5.91 Å². The molecule has 1 amide bonds. The molecule has 0 aliphatic heterocycles. The fraction of sp³-hybridized carbons (Fsp3) is 0.632. The fourth-order valence-electron chi connectivity index (χ4n) is 3.53. The molecular weight excluding hydrogens is 354 g/mol. The van der Waals surface area contributed by atoms with Crippen LogP contribution in [-0.2, 0) is 20.7 Å². The van der Waals surface area contributed by atoms with Gasteiger partial charge in [-0.2, -0.15) is 0 Å². The standard InChI is InChI=1S/C19H27NO5S/c1-5-12-11(4)26-17(15(12)19(24)25-10(2)3)20-16(21)13-8-6-7-9-14(13)18(22)23/h10,13-14H,5-9H2,1-4H3,(H,20,21)(H,22,23)/t13-,14+/m0/s1. The van der Waals surface area contributed by atoms with Gasteiger partial charge in [-0.25, -0.2) is 4.79 Å². The third-order valence-corrected chi connectivity index (χ3v) is 5.83. The Hall–Kier alpha value is -1.89. The third-order valence-electron chi connectivity index (χ3n) is 4.77. The summed E-state index contributed by atoms with van der Waals surface area (Å²) in [6.45, 7) is 7.42. The van der Waals surface area contributed by atoms with E-state index in [1.54, 1.807) is 13.8 Å². The van der Waals surface area contributed by atoms with Crippen LogP contribution < -0.4 is 5.32 Å². The molecule has 2 N–H and O–H groups in total. The monoisotopic (exact) mass is 381 g/mol. The number of aliphatic carboxylic acids is 1. The van der Waals surface area contributed by atoms with Gasteiger partial charge in [0.05, 0.1) is 23.5 Å². The van der Waals surface area contributed by atoms with Crippen molar-refractivity contribution in [2.24, 2.45) is 11.8 Å². The van der Waals surface area contributed by atoms with Gasteiger partial charge in [0.15, 0.2) is 0 Å². The number of carboxylic acid groups (broad SMARTS) is 1. The van der Waals surface area contributed by atoms with E-state index in [-0.39, 0.29) is 12.0 Å². The highest BCUT2D eigenvalue weighted by atomic mass is 32.1. The van der Waals surface area contributed by atoms with Crippen molar-refractivity contribution in [3.05, 3.63) is 16.0 Å². The normalized spacial score (nSPS) is 20.0. The van der Waals surface area contributed by atoms with Gasteiger partial charge >= 0.3 is 11.9 Å². The minimum Gasteiger partial charge on any atom is -0.481 e. The second kappa shape index (κ2) is 8.66. The number of aryl methyl sites for hydroxylation is 1. The van der Waals surface area contributed by atoms with Gasteiger partial charge in [0.1, 0.15) is 5.00 Å². The molecule has 1 aliphatic rings. The second-order valence-corrected chi connectivity index (χ2v) is 8.20. The van der Waals surface area contributed by atoms with E-state index in [2.05, 4.69) is 5.32 Å². The van der Waals surface area contributed by atoms with E-state index in [1.807, 2.05) is 13.8 Å². The SMILES string of the molecule is CCc1c(C)sc(NC(=O)[C@H]2CCCC[C@H]2C(=O)O)c1C(=O)OC(C)C. The maximum atomic E-state index is 12.8. The molecule has 1 saturated carbocycles. The molecular formula is C19H27NO5S. The summed E-state index contributed by atoms with van der Waals surface area (Å²) in [6.07, 6.45) is 3.13. The van der Waals surface area contributed by atoms with E-state index in [0.29, 0.717) is 29.8 Å². The molecule has 1 aromatic rings. The first-order valence-electron chi connectivity index (χ1n) is 9.13. The van der Waals surface area contributed by atoms with Crippen LogP contribution in [0.1, 0.15) is 67.3 Å². The van der Waals surface area contributed by atoms with Gasteiger partial charge in [0, 0.05) is 4.88 Å². The number of carboxylic acids is 1. The predicted octanol–water partition coefficient (Wildman–Crippen LogP) is 4.01. The van der Waals surface area contributed by atoms with E-state index in [0.717, 1.165) is 23.3 Å². The molecule has 2 atom stereocenters. The van der Waals surface area contributed by atoms with Crippen LogP contribution in [0.4, 0.5) is 5.00 Å². The number of thiophene rings is 1. The van der Waals surface area contributed by atoms with Crippen LogP contribution in [0.25, 0.3) is 0 Å². The lowest BCUT2D eigenvalue weighted by molar-refractivity contribution is -0.147. The van der Waals surface area contributed by atoms with Crippen molar-refractivity contribution in [1.82, 2.24) is 0 Å². The van der Waals surface area contributed by atoms with Crippen LogP contribution in [0, 0.1) is 18.8 Å². The van der Waals surface area contributed by atoms with E-state index in [1.165, 1.54) is 11.3 Å². The molecule has 6 nitrogen and oxygen atoms in total. The summed E-state index contributed by atoms with van der Waals surface area (Å²) in [5.74, 6) is -2.93. The minimum absolute atomic E-state index is 0.259. The number of amides is 1. The molecule has 0 saturated heterocycles. The summed E-state index contributed by atoms with van der Waals surface area (Å²) in [4.78, 5) is 37.7. The Balaban J connectivity index is 2.29. The van der Waals surface area contributed by atoms with Crippen molar-refractivity contribution in [2.45, 2.75) is 65.9 Å². The van der Waals surface area contributed by atoms with Gasteiger partial charge in [-0.15, -0.1) is 11.3 Å². The van der Waals surface area contributed by atoms with E-state index < -0.39 is 23.8 Å². The highest BCUT2D eigenvalue weighted by molar-refractivity contribution is 7.16. The lowest BCUT2D eigenvalue weighted by atomic mass is 9.79. The van der Waals surface area contributed by atoms with Crippen LogP contribution in [0.3, 0.4) is 0 Å². The van der Waals surface area contributed by atoms with Crippen LogP contribution in [0.15, 0.2) is 0 Å². The molecule has 1 aromatic heterocycles. The minimum atomic E-state index is -0.930. The molecule has 0 bridgehead atoms. The van der Waals surface area contributed by atoms with Crippen molar-refractivity contribution < 1.29 is 24.2 Å². The number of esters is 1. The van der Waals surface area contributed by atoms with E-state index >= 15 is 0 Å². The van der Waals surface area contributed by atoms with Crippen molar-refractivity contribution in [3.63, 3.8) is 0 Å². The molecule has 0 spiro atoms. The summed E-state index contributed by atoms with van der Waals surface area (Å²) in [5.41, 5.74) is 1.27. The molecule has 144 valence electrons. The smallest absolute Gasteiger partial charge is 0.341 e. The number of ether oxygens (including phenoxy) is 1. The molecule has 0 unspecified atom stereocenters. The largest absolute Gasteiger partial charge is 0.481 e. The summed E-state index contributed by atoms with van der Waals surface area (Å²) in [6, 6.07) is 0. The molecule has 2 rings (SSSR count). The summed E-state index contributed by atoms with van der Waals surface area (Å²) < 4.78 is 5.34. The number of hydrogen-bond acceptors (Lipinski definition) is 5. The lowest BCUT2D eigenvalue weighted by Crippen LogP contribution is -2.36. The molecule has 1 fully saturated rings. The predicted molar refractivity (Wildman–Crippen MR) is 101 cm³/mol. The Morgan fingerprint density at radius 2 is 1.85 bits per heavy atom. The Bertz CT molecular complexity index is 694. The van der Waals surface area contributed by atoms with Crippen molar-refractivity contribution in [2.75, 3.05) is 5.32 Å². The first kappa shape index (κ1) is 20.4. The fourth-order valence-corrected chi connectivity index (χ4v) is 4.66. The second-order valence-electron chi connectivity index (χ2n) is 6.97. The van der Waals surface area contributed by atoms with Crippen LogP contribution in [-0.4, -0.2) is 29.1 Å². The van der Waals surface area contributed by atoms with Crippen LogP contribution in [0.2, 0.25) is 0 Å². The topological polar surface area (TPSA) is 92.7 Å². The number of carbonyl (C=O) groups is 3. The van der Waals surface area contributed by atoms with Crippen LogP contribution in [0.5, 0.6) is 0 Å². The quantitative estimate of drug-likeness (QED) is 0.726.